The number of carbonyl (C=O) groups is 1. The van der Waals surface area contributed by atoms with Gasteiger partial charge in [0.1, 0.15) is 11.5 Å². The van der Waals surface area contributed by atoms with Crippen molar-refractivity contribution in [3.05, 3.63) is 52.8 Å². The van der Waals surface area contributed by atoms with Gasteiger partial charge in [0.05, 0.1) is 30.9 Å². The second-order valence-electron chi connectivity index (χ2n) is 7.49. The Kier molecular flexibility index (Phi) is 7.57. The summed E-state index contributed by atoms with van der Waals surface area (Å²) in [4.78, 5) is 30.3. The molecule has 0 aliphatic carbocycles. The van der Waals surface area contributed by atoms with E-state index in [-0.39, 0.29) is 17.2 Å². The second kappa shape index (κ2) is 10.3. The fraction of sp³-hybridized carbons (Fsp3) is 0.348. The Morgan fingerprint density at radius 2 is 1.81 bits per heavy atom. The third kappa shape index (κ3) is 5.79. The molecule has 7 nitrogen and oxygen atoms in total. The van der Waals surface area contributed by atoms with Crippen LogP contribution in [0.15, 0.2) is 52.4 Å². The van der Waals surface area contributed by atoms with E-state index >= 15 is 0 Å². The highest BCUT2D eigenvalue weighted by Gasteiger charge is 2.14. The molecule has 31 heavy (non-hydrogen) atoms. The summed E-state index contributed by atoms with van der Waals surface area (Å²) in [5, 5.41) is 3.98. The second-order valence-corrected chi connectivity index (χ2v) is 8.43. The SMILES string of the molecule is COc1cc(NC(=O)CSc2nc3ccccc3c(=O)n2CCC(C)C)cc(OC)c1. The minimum Gasteiger partial charge on any atom is -0.497 e. The molecule has 0 atom stereocenters. The number of amides is 1. The van der Waals surface area contributed by atoms with E-state index in [9.17, 15) is 9.59 Å². The normalized spacial score (nSPS) is 11.0. The van der Waals surface area contributed by atoms with E-state index < -0.39 is 0 Å². The zero-order chi connectivity index (χ0) is 22.4. The molecule has 0 aliphatic heterocycles. The van der Waals surface area contributed by atoms with Crippen LogP contribution >= 0.6 is 11.8 Å². The number of rotatable bonds is 9. The van der Waals surface area contributed by atoms with Crippen LogP contribution in [0.3, 0.4) is 0 Å². The van der Waals surface area contributed by atoms with E-state index in [1.54, 1.807) is 43.1 Å². The number of benzene rings is 2. The number of methoxy groups -OCH3 is 2. The maximum atomic E-state index is 13.0. The van der Waals surface area contributed by atoms with Gasteiger partial charge in [0.2, 0.25) is 5.91 Å². The number of aromatic nitrogens is 2. The van der Waals surface area contributed by atoms with Gasteiger partial charge in [-0.3, -0.25) is 14.2 Å². The van der Waals surface area contributed by atoms with Crippen molar-refractivity contribution in [1.29, 1.82) is 0 Å². The molecule has 0 saturated heterocycles. The van der Waals surface area contributed by atoms with Gasteiger partial charge >= 0.3 is 0 Å². The summed E-state index contributed by atoms with van der Waals surface area (Å²) in [6.45, 7) is 4.79. The molecule has 1 N–H and O–H groups in total. The van der Waals surface area contributed by atoms with Gasteiger partial charge in [0.15, 0.2) is 5.16 Å². The van der Waals surface area contributed by atoms with Crippen LogP contribution in [0.1, 0.15) is 20.3 Å². The number of hydrogen-bond donors (Lipinski definition) is 1. The number of ether oxygens (including phenoxy) is 2. The first-order valence-corrected chi connectivity index (χ1v) is 11.0. The lowest BCUT2D eigenvalue weighted by Gasteiger charge is -2.14. The molecule has 0 aliphatic rings. The average Bonchev–Trinajstić information content (AvgIpc) is 2.76. The van der Waals surface area contributed by atoms with E-state index in [0.717, 1.165) is 6.42 Å². The largest absolute Gasteiger partial charge is 0.497 e. The highest BCUT2D eigenvalue weighted by Crippen LogP contribution is 2.26. The number of anilines is 1. The third-order valence-corrected chi connectivity index (χ3v) is 5.70. The van der Waals surface area contributed by atoms with Crippen molar-refractivity contribution in [2.45, 2.75) is 32.0 Å². The Hall–Kier alpha value is -3.00. The third-order valence-electron chi connectivity index (χ3n) is 4.72. The number of carbonyl (C=O) groups excluding carboxylic acids is 1. The topological polar surface area (TPSA) is 82.5 Å². The quantitative estimate of drug-likeness (QED) is 0.396. The first-order chi connectivity index (χ1) is 14.9. The van der Waals surface area contributed by atoms with Crippen molar-refractivity contribution in [2.75, 3.05) is 25.3 Å². The molecule has 1 aromatic heterocycles. The standard InChI is InChI=1S/C23H27N3O4S/c1-15(2)9-10-26-22(28)19-7-5-6-8-20(19)25-23(26)31-14-21(27)24-16-11-17(29-3)13-18(12-16)30-4/h5-8,11-13,15H,9-10,14H2,1-4H3,(H,24,27). The minimum atomic E-state index is -0.210. The molecule has 0 unspecified atom stereocenters. The summed E-state index contributed by atoms with van der Waals surface area (Å²) in [6, 6.07) is 12.5. The van der Waals surface area contributed by atoms with Gasteiger partial charge in [-0.1, -0.05) is 37.7 Å². The van der Waals surface area contributed by atoms with Crippen molar-refractivity contribution in [2.24, 2.45) is 5.92 Å². The van der Waals surface area contributed by atoms with Gasteiger partial charge in [0.25, 0.3) is 5.56 Å². The fourth-order valence-electron chi connectivity index (χ4n) is 3.05. The summed E-state index contributed by atoms with van der Waals surface area (Å²) < 4.78 is 12.2. The molecular weight excluding hydrogens is 414 g/mol. The maximum absolute atomic E-state index is 13.0. The van der Waals surface area contributed by atoms with Crippen molar-refractivity contribution in [3.8, 4) is 11.5 Å². The number of hydrogen-bond acceptors (Lipinski definition) is 6. The van der Waals surface area contributed by atoms with E-state index in [2.05, 4.69) is 24.1 Å². The van der Waals surface area contributed by atoms with Crippen LogP contribution in [0, 0.1) is 5.92 Å². The lowest BCUT2D eigenvalue weighted by Crippen LogP contribution is -2.25. The van der Waals surface area contributed by atoms with Gasteiger partial charge in [-0.25, -0.2) is 4.98 Å². The smallest absolute Gasteiger partial charge is 0.262 e. The Morgan fingerprint density at radius 3 is 2.45 bits per heavy atom. The molecular formula is C23H27N3O4S. The zero-order valence-corrected chi connectivity index (χ0v) is 19.0. The molecule has 0 bridgehead atoms. The van der Waals surface area contributed by atoms with Gasteiger partial charge in [-0.15, -0.1) is 0 Å². The van der Waals surface area contributed by atoms with Crippen LogP contribution in [0.25, 0.3) is 10.9 Å². The summed E-state index contributed by atoms with van der Waals surface area (Å²) in [5.41, 5.74) is 1.13. The molecule has 0 radical (unpaired) electrons. The minimum absolute atomic E-state index is 0.0771. The van der Waals surface area contributed by atoms with Crippen molar-refractivity contribution >= 4 is 34.3 Å². The van der Waals surface area contributed by atoms with Gasteiger partial charge < -0.3 is 14.8 Å². The van der Waals surface area contributed by atoms with Crippen LogP contribution in [-0.4, -0.2) is 35.4 Å². The van der Waals surface area contributed by atoms with E-state index in [1.165, 1.54) is 11.8 Å². The molecule has 0 fully saturated rings. The summed E-state index contributed by atoms with van der Waals surface area (Å²) >= 11 is 1.25. The fourth-order valence-corrected chi connectivity index (χ4v) is 3.87. The zero-order valence-electron chi connectivity index (χ0n) is 18.2. The van der Waals surface area contributed by atoms with Crippen LogP contribution in [-0.2, 0) is 11.3 Å². The Labute approximate surface area is 185 Å². The predicted octanol–water partition coefficient (Wildman–Crippen LogP) is 4.19. The van der Waals surface area contributed by atoms with Crippen molar-refractivity contribution in [3.63, 3.8) is 0 Å². The number of nitrogens with one attached hydrogen (secondary N) is 1. The average molecular weight is 442 g/mol. The molecule has 1 amide bonds. The molecule has 1 heterocycles. The molecule has 0 saturated carbocycles. The lowest BCUT2D eigenvalue weighted by molar-refractivity contribution is -0.113. The van der Waals surface area contributed by atoms with Crippen LogP contribution in [0.4, 0.5) is 5.69 Å². The molecule has 2 aromatic carbocycles. The molecule has 3 aromatic rings. The highest BCUT2D eigenvalue weighted by molar-refractivity contribution is 7.99. The summed E-state index contributed by atoms with van der Waals surface area (Å²) in [7, 11) is 3.11. The van der Waals surface area contributed by atoms with Crippen LogP contribution in [0.5, 0.6) is 11.5 Å². The number of para-hydroxylation sites is 1. The maximum Gasteiger partial charge on any atom is 0.262 e. The van der Waals surface area contributed by atoms with E-state index in [0.29, 0.717) is 45.7 Å². The lowest BCUT2D eigenvalue weighted by atomic mass is 10.1. The van der Waals surface area contributed by atoms with Gasteiger partial charge in [-0.2, -0.15) is 0 Å². The first kappa shape index (κ1) is 22.7. The van der Waals surface area contributed by atoms with Crippen LogP contribution < -0.4 is 20.3 Å². The van der Waals surface area contributed by atoms with Gasteiger partial charge in [-0.05, 0) is 24.5 Å². The summed E-state index contributed by atoms with van der Waals surface area (Å²) in [6.07, 6.45) is 0.850. The molecule has 8 heteroatoms. The molecule has 0 spiro atoms. The number of fused-ring (bicyclic) bond motifs is 1. The molecule has 164 valence electrons. The van der Waals surface area contributed by atoms with Crippen molar-refractivity contribution < 1.29 is 14.3 Å². The predicted molar refractivity (Wildman–Crippen MR) is 124 cm³/mol. The van der Waals surface area contributed by atoms with E-state index in [4.69, 9.17) is 9.47 Å². The van der Waals surface area contributed by atoms with Gasteiger partial charge in [0, 0.05) is 30.4 Å². The van der Waals surface area contributed by atoms with Crippen LogP contribution in [0.2, 0.25) is 0 Å². The number of nitrogens with zero attached hydrogens (tertiary/aromatic N) is 2. The first-order valence-electron chi connectivity index (χ1n) is 10.1. The summed E-state index contributed by atoms with van der Waals surface area (Å²) in [5.74, 6) is 1.52. The Balaban J connectivity index is 1.80. The monoisotopic (exact) mass is 441 g/mol. The Bertz CT molecular complexity index is 1110. The Morgan fingerprint density at radius 1 is 1.13 bits per heavy atom. The number of thioether (sulfide) groups is 1. The van der Waals surface area contributed by atoms with E-state index in [1.807, 2.05) is 18.2 Å². The highest BCUT2D eigenvalue weighted by atomic mass is 32.2. The van der Waals surface area contributed by atoms with Crippen molar-refractivity contribution in [1.82, 2.24) is 9.55 Å². The molecule has 3 rings (SSSR count).